The van der Waals surface area contributed by atoms with Gasteiger partial charge in [0, 0.05) is 22.8 Å². The molecule has 0 amide bonds. The standard InChI is InChI=1S/C22H20ClN5OS/c1-3-27-19(13-15(2)26-27)21-24-25-22(28(21)18-11-9-17(23)10-12-18)30-14-20(29)16-7-5-4-6-8-16/h4-13H,3,14H2,1-2H3. The maximum absolute atomic E-state index is 12.6. The number of aromatic nitrogens is 5. The molecule has 0 atom stereocenters. The Morgan fingerprint density at radius 2 is 1.80 bits per heavy atom. The first-order valence-electron chi connectivity index (χ1n) is 9.54. The lowest BCUT2D eigenvalue weighted by Gasteiger charge is -2.11. The largest absolute Gasteiger partial charge is 0.293 e. The Morgan fingerprint density at radius 3 is 2.50 bits per heavy atom. The van der Waals surface area contributed by atoms with Crippen molar-refractivity contribution in [3.05, 3.63) is 76.9 Å². The van der Waals surface area contributed by atoms with Crippen LogP contribution in [0.2, 0.25) is 5.02 Å². The van der Waals surface area contributed by atoms with Crippen molar-refractivity contribution in [1.82, 2.24) is 24.5 Å². The van der Waals surface area contributed by atoms with E-state index in [0.717, 1.165) is 17.1 Å². The van der Waals surface area contributed by atoms with Crippen LogP contribution in [0.1, 0.15) is 23.0 Å². The predicted molar refractivity (Wildman–Crippen MR) is 119 cm³/mol. The highest BCUT2D eigenvalue weighted by molar-refractivity contribution is 7.99. The summed E-state index contributed by atoms with van der Waals surface area (Å²) >= 11 is 7.45. The van der Waals surface area contributed by atoms with Crippen molar-refractivity contribution in [1.29, 1.82) is 0 Å². The Morgan fingerprint density at radius 1 is 1.07 bits per heavy atom. The average Bonchev–Trinajstić information content (AvgIpc) is 3.36. The SMILES string of the molecule is CCn1nc(C)cc1-c1nnc(SCC(=O)c2ccccc2)n1-c1ccc(Cl)cc1. The van der Waals surface area contributed by atoms with E-state index >= 15 is 0 Å². The predicted octanol–water partition coefficient (Wildman–Crippen LogP) is 5.09. The van der Waals surface area contributed by atoms with Crippen molar-refractivity contribution in [3.63, 3.8) is 0 Å². The van der Waals surface area contributed by atoms with E-state index in [4.69, 9.17) is 11.6 Å². The maximum Gasteiger partial charge on any atom is 0.196 e. The molecule has 0 radical (unpaired) electrons. The fourth-order valence-electron chi connectivity index (χ4n) is 3.16. The van der Waals surface area contributed by atoms with E-state index in [-0.39, 0.29) is 11.5 Å². The second-order valence-corrected chi connectivity index (χ2v) is 8.06. The van der Waals surface area contributed by atoms with Crippen LogP contribution in [0.3, 0.4) is 0 Å². The minimum absolute atomic E-state index is 0.0438. The summed E-state index contributed by atoms with van der Waals surface area (Å²) in [6.07, 6.45) is 0. The Labute approximate surface area is 183 Å². The van der Waals surface area contributed by atoms with Gasteiger partial charge in [0.25, 0.3) is 0 Å². The van der Waals surface area contributed by atoms with Crippen molar-refractivity contribution in [2.45, 2.75) is 25.5 Å². The molecule has 0 unspecified atom stereocenters. The highest BCUT2D eigenvalue weighted by atomic mass is 35.5. The first-order chi connectivity index (χ1) is 14.6. The first kappa shape index (κ1) is 20.4. The maximum atomic E-state index is 12.6. The van der Waals surface area contributed by atoms with Crippen LogP contribution in [0.15, 0.2) is 65.8 Å². The van der Waals surface area contributed by atoms with Crippen LogP contribution < -0.4 is 0 Å². The summed E-state index contributed by atoms with van der Waals surface area (Å²) in [5.41, 5.74) is 3.34. The van der Waals surface area contributed by atoms with Crippen molar-refractivity contribution >= 4 is 29.1 Å². The molecule has 0 saturated heterocycles. The highest BCUT2D eigenvalue weighted by Gasteiger charge is 2.20. The van der Waals surface area contributed by atoms with Gasteiger partial charge in [0.2, 0.25) is 0 Å². The van der Waals surface area contributed by atoms with Crippen LogP contribution >= 0.6 is 23.4 Å². The van der Waals surface area contributed by atoms with Gasteiger partial charge in [0.1, 0.15) is 5.69 Å². The van der Waals surface area contributed by atoms with Gasteiger partial charge >= 0.3 is 0 Å². The Hall–Kier alpha value is -2.90. The summed E-state index contributed by atoms with van der Waals surface area (Å²) in [4.78, 5) is 12.6. The van der Waals surface area contributed by atoms with E-state index < -0.39 is 0 Å². The van der Waals surface area contributed by atoms with Crippen LogP contribution in [0.25, 0.3) is 17.2 Å². The molecule has 0 saturated carbocycles. The zero-order valence-corrected chi connectivity index (χ0v) is 18.2. The fourth-order valence-corrected chi connectivity index (χ4v) is 4.13. The van der Waals surface area contributed by atoms with Crippen LogP contribution in [-0.2, 0) is 6.54 Å². The number of hydrogen-bond donors (Lipinski definition) is 0. The zero-order valence-electron chi connectivity index (χ0n) is 16.6. The number of ketones is 1. The lowest BCUT2D eigenvalue weighted by molar-refractivity contribution is 0.102. The summed E-state index contributed by atoms with van der Waals surface area (Å²) in [5.74, 6) is 0.985. The molecule has 6 nitrogen and oxygen atoms in total. The molecule has 0 aliphatic carbocycles. The van der Waals surface area contributed by atoms with Gasteiger partial charge in [-0.2, -0.15) is 5.10 Å². The summed E-state index contributed by atoms with van der Waals surface area (Å²) in [5, 5.41) is 14.7. The Bertz CT molecular complexity index is 1170. The molecular formula is C22H20ClN5OS. The lowest BCUT2D eigenvalue weighted by atomic mass is 10.2. The zero-order chi connectivity index (χ0) is 21.1. The number of nitrogens with zero attached hydrogens (tertiary/aromatic N) is 5. The molecular weight excluding hydrogens is 418 g/mol. The van der Waals surface area contributed by atoms with E-state index in [0.29, 0.717) is 28.1 Å². The minimum Gasteiger partial charge on any atom is -0.293 e. The van der Waals surface area contributed by atoms with Crippen molar-refractivity contribution in [2.75, 3.05) is 5.75 Å². The molecule has 0 bridgehead atoms. The number of thioether (sulfide) groups is 1. The van der Waals surface area contributed by atoms with Crippen LogP contribution in [-0.4, -0.2) is 36.1 Å². The number of hydrogen-bond acceptors (Lipinski definition) is 5. The monoisotopic (exact) mass is 437 g/mol. The van der Waals surface area contributed by atoms with Gasteiger partial charge in [-0.05, 0) is 44.2 Å². The molecule has 2 heterocycles. The van der Waals surface area contributed by atoms with E-state index in [9.17, 15) is 4.79 Å². The first-order valence-corrected chi connectivity index (χ1v) is 10.9. The average molecular weight is 438 g/mol. The smallest absolute Gasteiger partial charge is 0.196 e. The van der Waals surface area contributed by atoms with Crippen LogP contribution in [0.4, 0.5) is 0 Å². The number of aryl methyl sites for hydroxylation is 2. The molecule has 0 aliphatic rings. The Kier molecular flexibility index (Phi) is 6.01. The van der Waals surface area contributed by atoms with Gasteiger partial charge in [0.15, 0.2) is 16.8 Å². The number of carbonyl (C=O) groups is 1. The van der Waals surface area contributed by atoms with Gasteiger partial charge in [-0.15, -0.1) is 10.2 Å². The molecule has 0 aliphatic heterocycles. The lowest BCUT2D eigenvalue weighted by Crippen LogP contribution is -2.06. The van der Waals surface area contributed by atoms with E-state index in [2.05, 4.69) is 15.3 Å². The van der Waals surface area contributed by atoms with Gasteiger partial charge in [0.05, 0.1) is 11.4 Å². The number of rotatable bonds is 7. The topological polar surface area (TPSA) is 65.6 Å². The van der Waals surface area contributed by atoms with Gasteiger partial charge in [-0.3, -0.25) is 14.0 Å². The van der Waals surface area contributed by atoms with Crippen molar-refractivity contribution in [2.24, 2.45) is 0 Å². The van der Waals surface area contributed by atoms with Crippen molar-refractivity contribution in [3.8, 4) is 17.2 Å². The molecule has 4 rings (SSSR count). The fraction of sp³-hybridized carbons (Fsp3) is 0.182. The molecule has 0 N–H and O–H groups in total. The molecule has 2 aromatic carbocycles. The Balaban J connectivity index is 1.72. The third kappa shape index (κ3) is 4.17. The quantitative estimate of drug-likeness (QED) is 0.297. The second kappa shape index (κ2) is 8.85. The molecule has 0 fully saturated rings. The highest BCUT2D eigenvalue weighted by Crippen LogP contribution is 2.29. The van der Waals surface area contributed by atoms with E-state index in [1.807, 2.05) is 83.8 Å². The summed E-state index contributed by atoms with van der Waals surface area (Å²) in [7, 11) is 0. The summed E-state index contributed by atoms with van der Waals surface area (Å²) in [6, 6.07) is 18.7. The number of Topliss-reactive ketones (excluding diaryl/α,β-unsaturated/α-hetero) is 1. The summed E-state index contributed by atoms with van der Waals surface area (Å²) in [6.45, 7) is 4.70. The number of carbonyl (C=O) groups excluding carboxylic acids is 1. The molecule has 2 aromatic heterocycles. The summed E-state index contributed by atoms with van der Waals surface area (Å²) < 4.78 is 3.84. The molecule has 8 heteroatoms. The molecule has 152 valence electrons. The van der Waals surface area contributed by atoms with Crippen LogP contribution in [0, 0.1) is 6.92 Å². The number of benzene rings is 2. The normalized spacial score (nSPS) is 11.0. The van der Waals surface area contributed by atoms with Gasteiger partial charge in [-0.1, -0.05) is 53.7 Å². The molecule has 4 aromatic rings. The minimum atomic E-state index is 0.0438. The third-order valence-corrected chi connectivity index (χ3v) is 5.76. The van der Waals surface area contributed by atoms with E-state index in [1.54, 1.807) is 0 Å². The second-order valence-electron chi connectivity index (χ2n) is 6.68. The van der Waals surface area contributed by atoms with Crippen LogP contribution in [0.5, 0.6) is 0 Å². The number of halogens is 1. The van der Waals surface area contributed by atoms with Gasteiger partial charge < -0.3 is 0 Å². The third-order valence-electron chi connectivity index (χ3n) is 4.58. The van der Waals surface area contributed by atoms with Crippen molar-refractivity contribution < 1.29 is 4.79 Å². The molecule has 30 heavy (non-hydrogen) atoms. The van der Waals surface area contributed by atoms with Gasteiger partial charge in [-0.25, -0.2) is 0 Å². The molecule has 0 spiro atoms. The van der Waals surface area contributed by atoms with E-state index in [1.165, 1.54) is 11.8 Å².